The molecule has 1 aliphatic heterocycles. The zero-order chi connectivity index (χ0) is 22.6. The van der Waals surface area contributed by atoms with Gasteiger partial charge in [0.1, 0.15) is 0 Å². The van der Waals surface area contributed by atoms with Crippen molar-refractivity contribution in [2.24, 2.45) is 0 Å². The first kappa shape index (κ1) is 23.7. The number of hydrogen-bond donors (Lipinski definition) is 1. The number of nitrogens with one attached hydrogen (secondary N) is 1. The van der Waals surface area contributed by atoms with Crippen LogP contribution in [0.3, 0.4) is 0 Å². The lowest BCUT2D eigenvalue weighted by atomic mass is 10.2. The SMILES string of the molecule is CS(=O)(=O)OCC(COCc1ccccc1)Nc1ccc2c(c1)Sc1cccc(Br)c1S2. The molecule has 0 saturated carbocycles. The van der Waals surface area contributed by atoms with Crippen molar-refractivity contribution in [3.05, 3.63) is 76.8 Å². The van der Waals surface area contributed by atoms with E-state index in [4.69, 9.17) is 8.92 Å². The van der Waals surface area contributed by atoms with Crippen LogP contribution in [0.25, 0.3) is 0 Å². The van der Waals surface area contributed by atoms with Gasteiger partial charge in [0, 0.05) is 29.7 Å². The maximum absolute atomic E-state index is 11.5. The molecular formula is C23H22BrNO4S3. The highest BCUT2D eigenvalue weighted by Crippen LogP contribution is 2.51. The van der Waals surface area contributed by atoms with Crippen molar-refractivity contribution in [3.8, 4) is 0 Å². The van der Waals surface area contributed by atoms with E-state index in [1.807, 2.05) is 42.5 Å². The van der Waals surface area contributed by atoms with E-state index >= 15 is 0 Å². The third kappa shape index (κ3) is 6.52. The number of ether oxygens (including phenoxy) is 1. The summed E-state index contributed by atoms with van der Waals surface area (Å²) in [6, 6.07) is 21.9. The smallest absolute Gasteiger partial charge is 0.264 e. The third-order valence-electron chi connectivity index (χ3n) is 4.59. The molecule has 1 heterocycles. The highest BCUT2D eigenvalue weighted by molar-refractivity contribution is 9.10. The lowest BCUT2D eigenvalue weighted by Crippen LogP contribution is -2.31. The molecule has 0 aliphatic carbocycles. The molecule has 0 amide bonds. The van der Waals surface area contributed by atoms with Crippen LogP contribution in [0.15, 0.2) is 90.8 Å². The summed E-state index contributed by atoms with van der Waals surface area (Å²) in [5.41, 5.74) is 1.95. The highest BCUT2D eigenvalue weighted by Gasteiger charge is 2.20. The van der Waals surface area contributed by atoms with Crippen molar-refractivity contribution in [2.75, 3.05) is 24.8 Å². The van der Waals surface area contributed by atoms with Crippen LogP contribution in [0, 0.1) is 0 Å². The topological polar surface area (TPSA) is 64.6 Å². The summed E-state index contributed by atoms with van der Waals surface area (Å²) in [6.45, 7) is 0.738. The van der Waals surface area contributed by atoms with Crippen LogP contribution < -0.4 is 5.32 Å². The van der Waals surface area contributed by atoms with Gasteiger partial charge in [0.05, 0.1) is 32.1 Å². The zero-order valence-corrected chi connectivity index (χ0v) is 21.3. The Bertz CT molecular complexity index is 1190. The molecule has 3 aromatic rings. The first-order valence-electron chi connectivity index (χ1n) is 9.88. The van der Waals surface area contributed by atoms with Gasteiger partial charge in [-0.2, -0.15) is 8.42 Å². The van der Waals surface area contributed by atoms with Gasteiger partial charge in [-0.3, -0.25) is 4.18 Å². The summed E-state index contributed by atoms with van der Waals surface area (Å²) in [5.74, 6) is 0. The van der Waals surface area contributed by atoms with Crippen LogP contribution in [0.2, 0.25) is 0 Å². The monoisotopic (exact) mass is 551 g/mol. The molecule has 9 heteroatoms. The van der Waals surface area contributed by atoms with Gasteiger partial charge < -0.3 is 10.1 Å². The fourth-order valence-electron chi connectivity index (χ4n) is 3.12. The largest absolute Gasteiger partial charge is 0.378 e. The molecule has 5 nitrogen and oxygen atoms in total. The highest BCUT2D eigenvalue weighted by atomic mass is 79.9. The predicted molar refractivity (Wildman–Crippen MR) is 133 cm³/mol. The second-order valence-electron chi connectivity index (χ2n) is 7.26. The van der Waals surface area contributed by atoms with E-state index in [0.717, 1.165) is 26.9 Å². The third-order valence-corrected chi connectivity index (χ3v) is 8.67. The normalized spacial score (nSPS) is 13.8. The number of fused-ring (bicyclic) bond motifs is 2. The van der Waals surface area contributed by atoms with Crippen molar-refractivity contribution < 1.29 is 17.3 Å². The Morgan fingerprint density at radius 1 is 0.938 bits per heavy atom. The summed E-state index contributed by atoms with van der Waals surface area (Å²) in [6.07, 6.45) is 1.05. The molecule has 1 N–H and O–H groups in total. The molecule has 4 rings (SSSR count). The Morgan fingerprint density at radius 3 is 2.53 bits per heavy atom. The van der Waals surface area contributed by atoms with Gasteiger partial charge in [-0.05, 0) is 51.8 Å². The van der Waals surface area contributed by atoms with Gasteiger partial charge in [0.2, 0.25) is 0 Å². The molecule has 0 spiro atoms. The average molecular weight is 553 g/mol. The van der Waals surface area contributed by atoms with Crippen molar-refractivity contribution in [2.45, 2.75) is 32.2 Å². The molecule has 168 valence electrons. The molecule has 0 bridgehead atoms. The van der Waals surface area contributed by atoms with E-state index in [1.54, 1.807) is 23.5 Å². The van der Waals surface area contributed by atoms with Crippen LogP contribution in [-0.4, -0.2) is 33.9 Å². The van der Waals surface area contributed by atoms with Crippen molar-refractivity contribution >= 4 is 55.3 Å². The first-order chi connectivity index (χ1) is 15.4. The summed E-state index contributed by atoms with van der Waals surface area (Å²) >= 11 is 7.09. The van der Waals surface area contributed by atoms with E-state index in [9.17, 15) is 8.42 Å². The summed E-state index contributed by atoms with van der Waals surface area (Å²) in [7, 11) is -3.55. The Hall–Kier alpha value is -1.49. The number of rotatable bonds is 9. The second-order valence-corrected chi connectivity index (χ2v) is 11.9. The lowest BCUT2D eigenvalue weighted by Gasteiger charge is -2.23. The maximum Gasteiger partial charge on any atom is 0.264 e. The van der Waals surface area contributed by atoms with Gasteiger partial charge in [-0.1, -0.05) is 59.9 Å². The first-order valence-corrected chi connectivity index (χ1v) is 14.1. The maximum atomic E-state index is 11.5. The van der Waals surface area contributed by atoms with Crippen molar-refractivity contribution in [3.63, 3.8) is 0 Å². The van der Waals surface area contributed by atoms with Gasteiger partial charge in [0.25, 0.3) is 10.1 Å². The van der Waals surface area contributed by atoms with Crippen molar-refractivity contribution in [1.29, 1.82) is 0 Å². The zero-order valence-electron chi connectivity index (χ0n) is 17.3. The predicted octanol–water partition coefficient (Wildman–Crippen LogP) is 6.04. The fraction of sp³-hybridized carbons (Fsp3) is 0.217. The number of halogens is 1. The van der Waals surface area contributed by atoms with Crippen LogP contribution >= 0.6 is 39.5 Å². The second kappa shape index (κ2) is 10.6. The number of benzene rings is 3. The van der Waals surface area contributed by atoms with Crippen LogP contribution in [0.5, 0.6) is 0 Å². The minimum Gasteiger partial charge on any atom is -0.378 e. The standard InChI is InChI=1S/C23H22BrNO4S3/c1-32(26,27)29-15-18(14-28-13-16-6-3-2-4-7-16)25-17-10-11-20-22(12-17)30-21-9-5-8-19(24)23(21)31-20/h2-12,18,25H,13-15H2,1H3. The van der Waals surface area contributed by atoms with Crippen LogP contribution in [-0.2, 0) is 25.6 Å². The fourth-order valence-corrected chi connectivity index (χ4v) is 6.57. The Morgan fingerprint density at radius 2 is 1.75 bits per heavy atom. The van der Waals surface area contributed by atoms with Crippen LogP contribution in [0.1, 0.15) is 5.56 Å². The van der Waals surface area contributed by atoms with Crippen LogP contribution in [0.4, 0.5) is 5.69 Å². The van der Waals surface area contributed by atoms with Gasteiger partial charge in [-0.15, -0.1) is 0 Å². The summed E-state index contributed by atoms with van der Waals surface area (Å²) in [5, 5.41) is 3.38. The molecule has 0 radical (unpaired) electrons. The molecule has 3 aromatic carbocycles. The molecule has 1 aliphatic rings. The molecular weight excluding hydrogens is 530 g/mol. The van der Waals surface area contributed by atoms with Gasteiger partial charge in [-0.25, -0.2) is 0 Å². The van der Waals surface area contributed by atoms with E-state index in [1.165, 1.54) is 14.7 Å². The minimum atomic E-state index is -3.55. The molecule has 1 unspecified atom stereocenters. The molecule has 0 fully saturated rings. The Kier molecular flexibility index (Phi) is 7.86. The summed E-state index contributed by atoms with van der Waals surface area (Å²) in [4.78, 5) is 4.76. The lowest BCUT2D eigenvalue weighted by molar-refractivity contribution is 0.0996. The Labute approximate surface area is 205 Å². The average Bonchev–Trinajstić information content (AvgIpc) is 2.77. The minimum absolute atomic E-state index is 0.0115. The van der Waals surface area contributed by atoms with E-state index < -0.39 is 10.1 Å². The van der Waals surface area contributed by atoms with E-state index in [0.29, 0.717) is 13.2 Å². The summed E-state index contributed by atoms with van der Waals surface area (Å²) < 4.78 is 35.0. The molecule has 0 aromatic heterocycles. The molecule has 1 atom stereocenters. The van der Waals surface area contributed by atoms with E-state index in [-0.39, 0.29) is 12.6 Å². The Balaban J connectivity index is 1.45. The molecule has 32 heavy (non-hydrogen) atoms. The van der Waals surface area contributed by atoms with E-state index in [2.05, 4.69) is 45.5 Å². The molecule has 0 saturated heterocycles. The van der Waals surface area contributed by atoms with Gasteiger partial charge >= 0.3 is 0 Å². The number of anilines is 1. The van der Waals surface area contributed by atoms with Crippen molar-refractivity contribution in [1.82, 2.24) is 0 Å². The number of hydrogen-bond acceptors (Lipinski definition) is 7. The quantitative estimate of drug-likeness (QED) is 0.254. The van der Waals surface area contributed by atoms with Gasteiger partial charge in [0.15, 0.2) is 0 Å².